The highest BCUT2D eigenvalue weighted by molar-refractivity contribution is 5.94. The number of fused-ring (bicyclic) bond motifs is 5. The summed E-state index contributed by atoms with van der Waals surface area (Å²) < 4.78 is 29.4. The molecular formula is C36H44FNO10. The van der Waals surface area contributed by atoms with Gasteiger partial charge in [-0.25, -0.2) is 4.39 Å². The summed E-state index contributed by atoms with van der Waals surface area (Å²) in [5.41, 5.74) is -4.93. The highest BCUT2D eigenvalue weighted by Crippen LogP contribution is 2.71. The Kier molecular flexibility index (Phi) is 9.71. The number of aliphatic hydroxyl groups excluding tert-OH is 1. The van der Waals surface area contributed by atoms with Crippen molar-refractivity contribution in [2.24, 2.45) is 28.6 Å². The monoisotopic (exact) mass is 669 g/mol. The van der Waals surface area contributed by atoms with E-state index in [-0.39, 0.29) is 44.5 Å². The Morgan fingerprint density at radius 1 is 1.12 bits per heavy atom. The smallest absolute Gasteiger partial charge is 0.310 e. The molecule has 4 aliphatic rings. The van der Waals surface area contributed by atoms with E-state index in [1.807, 2.05) is 13.0 Å². The van der Waals surface area contributed by atoms with Crippen LogP contribution in [0.4, 0.5) is 4.39 Å². The fraction of sp³-hybridized carbons (Fsp3) is 0.611. The van der Waals surface area contributed by atoms with Crippen LogP contribution in [0.1, 0.15) is 83.8 Å². The number of carbonyl (C=O) groups excluding carboxylic acids is 4. The summed E-state index contributed by atoms with van der Waals surface area (Å²) in [4.78, 5) is 68.2. The molecule has 12 heteroatoms. The molecule has 1 aromatic carbocycles. The Morgan fingerprint density at radius 2 is 1.83 bits per heavy atom. The van der Waals surface area contributed by atoms with Crippen molar-refractivity contribution in [3.63, 3.8) is 0 Å². The number of aliphatic hydroxyl groups is 1. The van der Waals surface area contributed by atoms with Crippen LogP contribution in [0.3, 0.4) is 0 Å². The van der Waals surface area contributed by atoms with E-state index in [9.17, 15) is 34.4 Å². The maximum absolute atomic E-state index is 17.7. The fourth-order valence-corrected chi connectivity index (χ4v) is 9.31. The number of halogens is 1. The number of carbonyl (C=O) groups is 4. The molecule has 0 bridgehead atoms. The van der Waals surface area contributed by atoms with Gasteiger partial charge in [0.25, 0.3) is 5.09 Å². The Hall–Kier alpha value is -3.93. The zero-order valence-corrected chi connectivity index (χ0v) is 27.9. The first kappa shape index (κ1) is 35.4. The van der Waals surface area contributed by atoms with Crippen LogP contribution >= 0.6 is 0 Å². The lowest BCUT2D eigenvalue weighted by Gasteiger charge is -2.62. The molecule has 11 nitrogen and oxygen atoms in total. The summed E-state index contributed by atoms with van der Waals surface area (Å²) in [7, 11) is 0. The van der Waals surface area contributed by atoms with Gasteiger partial charge in [0, 0.05) is 35.5 Å². The topological polar surface area (TPSA) is 159 Å². The fourth-order valence-electron chi connectivity index (χ4n) is 9.31. The minimum Gasteiger partial charge on any atom is -0.457 e. The number of hydrogen-bond acceptors (Lipinski definition) is 10. The van der Waals surface area contributed by atoms with E-state index >= 15 is 4.39 Å². The molecule has 0 aliphatic heterocycles. The van der Waals surface area contributed by atoms with Crippen molar-refractivity contribution in [1.29, 1.82) is 0 Å². The van der Waals surface area contributed by atoms with Gasteiger partial charge in [-0.2, -0.15) is 0 Å². The molecule has 5 rings (SSSR count). The van der Waals surface area contributed by atoms with Crippen molar-refractivity contribution in [3.8, 4) is 0 Å². The summed E-state index contributed by atoms with van der Waals surface area (Å²) in [6, 6.07) is 6.47. The van der Waals surface area contributed by atoms with Gasteiger partial charge >= 0.3 is 11.9 Å². The molecular weight excluding hydrogens is 625 g/mol. The summed E-state index contributed by atoms with van der Waals surface area (Å²) in [6.45, 7) is 6.08. The first-order valence-electron chi connectivity index (χ1n) is 16.7. The largest absolute Gasteiger partial charge is 0.457 e. The van der Waals surface area contributed by atoms with Gasteiger partial charge in [-0.05, 0) is 55.7 Å². The minimum absolute atomic E-state index is 0.0593. The number of unbranched alkanes of at least 4 members (excludes halogenated alkanes) is 1. The molecule has 0 radical (unpaired) electrons. The van der Waals surface area contributed by atoms with Gasteiger partial charge in [-0.1, -0.05) is 69.2 Å². The van der Waals surface area contributed by atoms with E-state index in [0.717, 1.165) is 0 Å². The summed E-state index contributed by atoms with van der Waals surface area (Å²) in [5.74, 6) is -3.98. The van der Waals surface area contributed by atoms with Crippen molar-refractivity contribution in [1.82, 2.24) is 0 Å². The van der Waals surface area contributed by atoms with Gasteiger partial charge in [-0.3, -0.25) is 19.2 Å². The maximum Gasteiger partial charge on any atom is 0.310 e. The average molecular weight is 670 g/mol. The third kappa shape index (κ3) is 5.65. The molecule has 48 heavy (non-hydrogen) atoms. The third-order valence-electron chi connectivity index (χ3n) is 11.7. The summed E-state index contributed by atoms with van der Waals surface area (Å²) >= 11 is 0. The maximum atomic E-state index is 17.7. The predicted molar refractivity (Wildman–Crippen MR) is 169 cm³/mol. The van der Waals surface area contributed by atoms with Crippen LogP contribution < -0.4 is 0 Å². The van der Waals surface area contributed by atoms with E-state index in [0.29, 0.717) is 36.0 Å². The van der Waals surface area contributed by atoms with Crippen LogP contribution in [0, 0.1) is 38.7 Å². The van der Waals surface area contributed by atoms with Crippen LogP contribution in [0.25, 0.3) is 0 Å². The molecule has 0 saturated heterocycles. The van der Waals surface area contributed by atoms with E-state index in [1.54, 1.807) is 51.1 Å². The highest BCUT2D eigenvalue weighted by Gasteiger charge is 2.77. The minimum atomic E-state index is -2.14. The number of nitrogens with zero attached hydrogens (tertiary/aromatic N) is 1. The lowest BCUT2D eigenvalue weighted by molar-refractivity contribution is -0.763. The molecule has 1 aromatic rings. The molecule has 1 N–H and O–H groups in total. The SMILES string of the molecule is CCCCC(=O)O[C@]1(C(=O)COC(=O)Cc2ccccc2CO[N+](=O)[O-])[C@@H](C)C[C@H]2C3CC=C4CC(=O)C=C[C@]4(C)[C@@]3(F)[C@@H](O)C[C@@]21C. The number of Topliss-reactive ketones (excluding diaryl/α,β-unsaturated/α-hetero) is 1. The zero-order chi connectivity index (χ0) is 35.1. The van der Waals surface area contributed by atoms with Crippen molar-refractivity contribution < 1.29 is 48.1 Å². The zero-order valence-electron chi connectivity index (χ0n) is 27.9. The standard InChI is InChI=1S/C36H44FNO10/c1-5-6-11-31(42)48-36(30(41)21-46-32(43)17-23-9-7-8-10-24(23)20-47-38(44)45)22(2)16-28-27-13-12-25-18-26(39)14-15-33(25,3)35(27,37)29(40)19-34(28,36)4/h7-10,12,14-15,22,27-29,40H,5-6,11,13,16-21H2,1-4H3/t22-,27?,28-,29-,33-,34-,35-,36-/m0/s1. The molecule has 0 amide bonds. The van der Waals surface area contributed by atoms with Crippen LogP contribution in [-0.4, -0.2) is 57.7 Å². The first-order chi connectivity index (χ1) is 22.6. The predicted octanol–water partition coefficient (Wildman–Crippen LogP) is 5.14. The number of ether oxygens (including phenoxy) is 2. The van der Waals surface area contributed by atoms with Crippen molar-refractivity contribution in [2.45, 2.75) is 103 Å². The molecule has 4 aliphatic carbocycles. The normalized spacial score (nSPS) is 35.0. The van der Waals surface area contributed by atoms with Crippen molar-refractivity contribution >= 4 is 23.5 Å². The van der Waals surface area contributed by atoms with Gasteiger partial charge in [0.05, 0.1) is 12.5 Å². The lowest BCUT2D eigenvalue weighted by Crippen LogP contribution is -2.69. The number of ketones is 2. The van der Waals surface area contributed by atoms with E-state index in [4.69, 9.17) is 9.47 Å². The molecule has 0 spiro atoms. The van der Waals surface area contributed by atoms with Gasteiger partial charge in [0.1, 0.15) is 6.61 Å². The number of allylic oxidation sites excluding steroid dienone is 4. The molecule has 2 fully saturated rings. The third-order valence-corrected chi connectivity index (χ3v) is 11.7. The van der Waals surface area contributed by atoms with E-state index in [2.05, 4.69) is 4.84 Å². The highest BCUT2D eigenvalue weighted by atomic mass is 19.1. The summed E-state index contributed by atoms with van der Waals surface area (Å²) in [5, 5.41) is 21.6. The lowest BCUT2D eigenvalue weighted by atomic mass is 9.45. The average Bonchev–Trinajstić information content (AvgIpc) is 3.25. The second kappa shape index (κ2) is 13.2. The molecule has 2 saturated carbocycles. The summed E-state index contributed by atoms with van der Waals surface area (Å²) in [6.07, 6.45) is 4.74. The number of hydrogen-bond donors (Lipinski definition) is 1. The molecule has 0 heterocycles. The van der Waals surface area contributed by atoms with Gasteiger partial charge in [0.2, 0.25) is 5.78 Å². The second-order valence-corrected chi connectivity index (χ2v) is 14.2. The van der Waals surface area contributed by atoms with Crippen molar-refractivity contribution in [2.75, 3.05) is 6.61 Å². The molecule has 1 unspecified atom stereocenters. The Morgan fingerprint density at radius 3 is 2.52 bits per heavy atom. The number of alkyl halides is 1. The Labute approximate surface area is 279 Å². The van der Waals surface area contributed by atoms with Gasteiger partial charge < -0.3 is 19.4 Å². The Bertz CT molecular complexity index is 1560. The van der Waals surface area contributed by atoms with Crippen LogP contribution in [-0.2, 0) is 46.5 Å². The van der Waals surface area contributed by atoms with Crippen LogP contribution in [0.15, 0.2) is 48.1 Å². The van der Waals surface area contributed by atoms with E-state index < -0.39 is 75.4 Å². The molecule has 260 valence electrons. The number of esters is 2. The number of rotatable bonds is 12. The van der Waals surface area contributed by atoms with Crippen molar-refractivity contribution in [3.05, 3.63) is 69.3 Å². The first-order valence-corrected chi connectivity index (χ1v) is 16.7. The second-order valence-electron chi connectivity index (χ2n) is 14.2. The van der Waals surface area contributed by atoms with Crippen LogP contribution in [0.5, 0.6) is 0 Å². The quantitative estimate of drug-likeness (QED) is 0.137. The Balaban J connectivity index is 1.45. The van der Waals surface area contributed by atoms with Crippen LogP contribution in [0.2, 0.25) is 0 Å². The molecule has 0 aromatic heterocycles. The van der Waals surface area contributed by atoms with Gasteiger partial charge in [-0.15, -0.1) is 10.1 Å². The van der Waals surface area contributed by atoms with E-state index in [1.165, 1.54) is 6.08 Å². The van der Waals surface area contributed by atoms with Gasteiger partial charge in [0.15, 0.2) is 23.7 Å². The molecule has 8 atom stereocenters. The number of benzene rings is 1.